The Kier molecular flexibility index (Phi) is 7.21. The van der Waals surface area contributed by atoms with Crippen molar-refractivity contribution in [2.24, 2.45) is 11.8 Å². The van der Waals surface area contributed by atoms with Gasteiger partial charge in [-0.3, -0.25) is 9.69 Å². The maximum absolute atomic E-state index is 14.0. The molecule has 33 heavy (non-hydrogen) atoms. The molecule has 0 radical (unpaired) electrons. The third kappa shape index (κ3) is 5.66. The molecule has 3 unspecified atom stereocenters. The number of nitrogens with zero attached hydrogens (tertiary/aromatic N) is 4. The van der Waals surface area contributed by atoms with E-state index in [1.807, 2.05) is 11.8 Å². The standard InChI is InChI=1S/C23H30F3N5O2/c1-14-12-31(7-4-20(14)33-21-18(25)8-17(24)9-19(21)26)22(32)16-2-5-30(6-3-16)13-15-10-28-23(27)29-11-15/h8,10-11,14,16-17,20H,2-7,9,12-13H2,1H3,(H2,27,28,29). The Labute approximate surface area is 191 Å². The number of halogens is 3. The molecule has 10 heteroatoms. The first-order chi connectivity index (χ1) is 15.8. The predicted octanol–water partition coefficient (Wildman–Crippen LogP) is 3.30. The first-order valence-electron chi connectivity index (χ1n) is 11.4. The Hall–Kier alpha value is -2.62. The number of hydrogen-bond donors (Lipinski definition) is 1. The number of likely N-dealkylation sites (tertiary alicyclic amines) is 2. The van der Waals surface area contributed by atoms with E-state index in [4.69, 9.17) is 10.5 Å². The molecule has 0 spiro atoms. The predicted molar refractivity (Wildman–Crippen MR) is 117 cm³/mol. The van der Waals surface area contributed by atoms with Crippen LogP contribution in [-0.4, -0.2) is 64.1 Å². The number of alkyl halides is 1. The van der Waals surface area contributed by atoms with E-state index in [0.717, 1.165) is 44.1 Å². The highest BCUT2D eigenvalue weighted by Gasteiger charge is 2.36. The summed E-state index contributed by atoms with van der Waals surface area (Å²) in [5.74, 6) is -2.12. The molecule has 1 amide bonds. The first kappa shape index (κ1) is 23.5. The summed E-state index contributed by atoms with van der Waals surface area (Å²) in [4.78, 5) is 25.2. The van der Waals surface area contributed by atoms with Crippen LogP contribution in [0.5, 0.6) is 0 Å². The molecule has 2 aliphatic heterocycles. The van der Waals surface area contributed by atoms with Gasteiger partial charge in [0.05, 0.1) is 0 Å². The molecule has 2 N–H and O–H groups in total. The van der Waals surface area contributed by atoms with Gasteiger partial charge < -0.3 is 15.4 Å². The number of hydrogen-bond acceptors (Lipinski definition) is 6. The number of ether oxygens (including phenoxy) is 1. The van der Waals surface area contributed by atoms with Crippen molar-refractivity contribution in [1.82, 2.24) is 19.8 Å². The minimum atomic E-state index is -1.67. The number of nitrogen functional groups attached to an aromatic ring is 1. The SMILES string of the molecule is CC1CN(C(=O)C2CCN(Cc3cnc(N)nc3)CC2)CCC1OC1=C(F)CC(F)C=C1F. The van der Waals surface area contributed by atoms with Crippen molar-refractivity contribution in [3.8, 4) is 0 Å². The van der Waals surface area contributed by atoms with E-state index in [0.29, 0.717) is 19.5 Å². The summed E-state index contributed by atoms with van der Waals surface area (Å²) in [6.07, 6.45) is 3.63. The van der Waals surface area contributed by atoms with Crippen molar-refractivity contribution in [2.75, 3.05) is 31.9 Å². The van der Waals surface area contributed by atoms with Gasteiger partial charge in [-0.25, -0.2) is 23.1 Å². The van der Waals surface area contributed by atoms with Gasteiger partial charge in [0.25, 0.3) is 0 Å². The second kappa shape index (κ2) is 10.1. The fraction of sp³-hybridized carbons (Fsp3) is 0.609. The highest BCUT2D eigenvalue weighted by atomic mass is 19.2. The van der Waals surface area contributed by atoms with Crippen molar-refractivity contribution >= 4 is 11.9 Å². The molecule has 0 bridgehead atoms. The zero-order chi connectivity index (χ0) is 23.5. The molecule has 1 aromatic heterocycles. The van der Waals surface area contributed by atoms with Crippen LogP contribution < -0.4 is 5.73 Å². The Bertz CT molecular complexity index is 915. The summed E-state index contributed by atoms with van der Waals surface area (Å²) < 4.78 is 46.9. The zero-order valence-electron chi connectivity index (χ0n) is 18.7. The summed E-state index contributed by atoms with van der Waals surface area (Å²) in [6, 6.07) is 0. The van der Waals surface area contributed by atoms with Crippen LogP contribution in [0.2, 0.25) is 0 Å². The van der Waals surface area contributed by atoms with Gasteiger partial charge in [-0.15, -0.1) is 0 Å². The van der Waals surface area contributed by atoms with Crippen LogP contribution in [0.15, 0.2) is 35.9 Å². The van der Waals surface area contributed by atoms with Crippen molar-refractivity contribution in [1.29, 1.82) is 0 Å². The third-order valence-corrected chi connectivity index (χ3v) is 6.64. The van der Waals surface area contributed by atoms with Crippen molar-refractivity contribution in [3.63, 3.8) is 0 Å². The summed E-state index contributed by atoms with van der Waals surface area (Å²) in [6.45, 7) is 5.19. The van der Waals surface area contributed by atoms with E-state index in [9.17, 15) is 18.0 Å². The van der Waals surface area contributed by atoms with Gasteiger partial charge in [0.15, 0.2) is 11.6 Å². The van der Waals surface area contributed by atoms with Gasteiger partial charge in [0, 0.05) is 62.3 Å². The molecular formula is C23H30F3N5O2. The molecule has 3 aliphatic rings. The van der Waals surface area contributed by atoms with Gasteiger partial charge >= 0.3 is 0 Å². The summed E-state index contributed by atoms with van der Waals surface area (Å²) in [5, 5.41) is 0. The number of carbonyl (C=O) groups excluding carboxylic acids is 1. The minimum Gasteiger partial charge on any atom is -0.484 e. The van der Waals surface area contributed by atoms with Crippen LogP contribution in [0.4, 0.5) is 19.1 Å². The number of anilines is 1. The normalized spacial score (nSPS) is 27.5. The molecular weight excluding hydrogens is 435 g/mol. The van der Waals surface area contributed by atoms with Gasteiger partial charge in [0.2, 0.25) is 11.9 Å². The number of carbonyl (C=O) groups is 1. The fourth-order valence-corrected chi connectivity index (χ4v) is 4.76. The molecule has 3 atom stereocenters. The zero-order valence-corrected chi connectivity index (χ0v) is 18.7. The molecule has 180 valence electrons. The van der Waals surface area contributed by atoms with E-state index in [1.54, 1.807) is 12.4 Å². The van der Waals surface area contributed by atoms with Crippen LogP contribution in [-0.2, 0) is 16.1 Å². The monoisotopic (exact) mass is 465 g/mol. The molecule has 0 saturated carbocycles. The molecule has 7 nitrogen and oxygen atoms in total. The molecule has 2 saturated heterocycles. The maximum atomic E-state index is 14.0. The van der Waals surface area contributed by atoms with Crippen LogP contribution in [0.3, 0.4) is 0 Å². The van der Waals surface area contributed by atoms with Crippen molar-refractivity contribution < 1.29 is 22.7 Å². The number of allylic oxidation sites excluding steroid dienone is 3. The van der Waals surface area contributed by atoms with Gasteiger partial charge in [-0.1, -0.05) is 6.92 Å². The number of amides is 1. The van der Waals surface area contributed by atoms with Gasteiger partial charge in [-0.05, 0) is 32.0 Å². The van der Waals surface area contributed by atoms with Crippen molar-refractivity contribution in [3.05, 3.63) is 41.4 Å². The summed E-state index contributed by atoms with van der Waals surface area (Å²) in [7, 11) is 0. The summed E-state index contributed by atoms with van der Waals surface area (Å²) >= 11 is 0. The lowest BCUT2D eigenvalue weighted by Crippen LogP contribution is -2.49. The van der Waals surface area contributed by atoms with Crippen LogP contribution in [0.1, 0.15) is 38.2 Å². The van der Waals surface area contributed by atoms with Gasteiger partial charge in [0.1, 0.15) is 18.1 Å². The van der Waals surface area contributed by atoms with Crippen molar-refractivity contribution in [2.45, 2.75) is 51.4 Å². The largest absolute Gasteiger partial charge is 0.484 e. The fourth-order valence-electron chi connectivity index (χ4n) is 4.76. The minimum absolute atomic E-state index is 0.0334. The number of nitrogens with two attached hydrogens (primary N) is 1. The Balaban J connectivity index is 1.25. The molecule has 4 rings (SSSR count). The second-order valence-electron chi connectivity index (χ2n) is 9.18. The number of rotatable bonds is 5. The average Bonchev–Trinajstić information content (AvgIpc) is 2.78. The number of piperidine rings is 2. The van der Waals surface area contributed by atoms with E-state index in [-0.39, 0.29) is 23.7 Å². The molecule has 0 aromatic carbocycles. The van der Waals surface area contributed by atoms with Crippen LogP contribution in [0.25, 0.3) is 0 Å². The summed E-state index contributed by atoms with van der Waals surface area (Å²) in [5.41, 5.74) is 6.52. The Morgan fingerprint density at radius 1 is 1.18 bits per heavy atom. The third-order valence-electron chi connectivity index (χ3n) is 6.64. The topological polar surface area (TPSA) is 84.6 Å². The van der Waals surface area contributed by atoms with Gasteiger partial charge in [-0.2, -0.15) is 0 Å². The number of aromatic nitrogens is 2. The van der Waals surface area contributed by atoms with E-state index in [1.165, 1.54) is 0 Å². The average molecular weight is 466 g/mol. The highest BCUT2D eigenvalue weighted by molar-refractivity contribution is 5.79. The second-order valence-corrected chi connectivity index (χ2v) is 9.18. The Morgan fingerprint density at radius 2 is 1.88 bits per heavy atom. The smallest absolute Gasteiger partial charge is 0.225 e. The molecule has 1 aromatic rings. The lowest BCUT2D eigenvalue weighted by molar-refractivity contribution is -0.141. The molecule has 3 heterocycles. The quantitative estimate of drug-likeness (QED) is 0.718. The molecule has 2 fully saturated rings. The Morgan fingerprint density at radius 3 is 2.52 bits per heavy atom. The van der Waals surface area contributed by atoms with Crippen LogP contribution in [0, 0.1) is 11.8 Å². The molecule has 1 aliphatic carbocycles. The van der Waals surface area contributed by atoms with E-state index < -0.39 is 36.1 Å². The lowest BCUT2D eigenvalue weighted by Gasteiger charge is -2.40. The van der Waals surface area contributed by atoms with Crippen LogP contribution >= 0.6 is 0 Å². The highest BCUT2D eigenvalue weighted by Crippen LogP contribution is 2.34. The van der Waals surface area contributed by atoms with E-state index >= 15 is 0 Å². The first-order valence-corrected chi connectivity index (χ1v) is 11.4. The lowest BCUT2D eigenvalue weighted by atomic mass is 9.91. The van der Waals surface area contributed by atoms with E-state index in [2.05, 4.69) is 14.9 Å². The maximum Gasteiger partial charge on any atom is 0.225 e.